The maximum Gasteiger partial charge on any atom is 0.132 e. The molecule has 0 saturated carbocycles. The predicted octanol–water partition coefficient (Wildman–Crippen LogP) is 4.35. The Morgan fingerprint density at radius 1 is 0.640 bits per heavy atom. The average Bonchev–Trinajstić information content (AvgIpc) is 2.63. The van der Waals surface area contributed by atoms with E-state index in [0.29, 0.717) is 0 Å². The minimum absolute atomic E-state index is 0. The average molecular weight is 368 g/mol. The molecule has 25 heavy (non-hydrogen) atoms. The van der Waals surface area contributed by atoms with Crippen LogP contribution in [0.3, 0.4) is 0 Å². The maximum absolute atomic E-state index is 2.38. The fraction of sp³-hybridized carbons (Fsp3) is 0.739. The van der Waals surface area contributed by atoms with Crippen molar-refractivity contribution in [3.05, 3.63) is 30.3 Å². The lowest BCUT2D eigenvalue weighted by Gasteiger charge is -2.33. The summed E-state index contributed by atoms with van der Waals surface area (Å²) < 4.78 is 1.08. The van der Waals surface area contributed by atoms with Gasteiger partial charge >= 0.3 is 0 Å². The van der Waals surface area contributed by atoms with Crippen LogP contribution in [0.5, 0.6) is 0 Å². The lowest BCUT2D eigenvalue weighted by atomic mass is 10.0. The molecule has 0 bridgehead atoms. The molecule has 1 aromatic rings. The van der Waals surface area contributed by atoms with E-state index in [2.05, 4.69) is 51.2 Å². The summed E-state index contributed by atoms with van der Waals surface area (Å²) in [6.45, 7) is 7.06. The van der Waals surface area contributed by atoms with Crippen molar-refractivity contribution in [2.75, 3.05) is 20.1 Å². The van der Waals surface area contributed by atoms with Gasteiger partial charge in [-0.2, -0.15) is 0 Å². The van der Waals surface area contributed by atoms with E-state index >= 15 is 0 Å². The minimum Gasteiger partial charge on any atom is -1.00 e. The molecule has 0 N–H and O–H groups in total. The van der Waals surface area contributed by atoms with Gasteiger partial charge in [-0.15, -0.1) is 0 Å². The molecule has 146 valence electrons. The summed E-state index contributed by atoms with van der Waals surface area (Å²) in [5, 5.41) is 0. The van der Waals surface area contributed by atoms with Crippen LogP contribution < -0.4 is 16.9 Å². The molecule has 0 aliphatic heterocycles. The number of nitrogens with zero attached hydrogens (tertiary/aromatic N) is 1. The van der Waals surface area contributed by atoms with Crippen LogP contribution in [0.1, 0.15) is 90.9 Å². The number of rotatable bonds is 15. The highest BCUT2D eigenvalue weighted by Gasteiger charge is 2.21. The standard InChI is InChI=1S/C23H42N.ClH/c1-4-6-7-8-9-10-11-12-13-14-15-19-22-24(3,5-2)23-20-17-16-18-21-23;/h16-18,20-21H,4-15,19,22H2,1-3H3;1H/q+1;/p-1. The minimum atomic E-state index is 0. The monoisotopic (exact) mass is 367 g/mol. The fourth-order valence-electron chi connectivity index (χ4n) is 3.56. The third kappa shape index (κ3) is 10.9. The van der Waals surface area contributed by atoms with Crippen molar-refractivity contribution in [3.63, 3.8) is 0 Å². The van der Waals surface area contributed by atoms with Gasteiger partial charge in [0.25, 0.3) is 0 Å². The summed E-state index contributed by atoms with van der Waals surface area (Å²) in [5.41, 5.74) is 1.46. The highest BCUT2D eigenvalue weighted by atomic mass is 35.5. The molecule has 0 heterocycles. The van der Waals surface area contributed by atoms with Crippen LogP contribution in [0, 0.1) is 0 Å². The molecule has 1 unspecified atom stereocenters. The van der Waals surface area contributed by atoms with Gasteiger partial charge < -0.3 is 12.4 Å². The second kappa shape index (κ2) is 15.7. The topological polar surface area (TPSA) is 0 Å². The first-order valence-electron chi connectivity index (χ1n) is 10.6. The molecule has 2 heteroatoms. The van der Waals surface area contributed by atoms with Crippen LogP contribution in [-0.2, 0) is 0 Å². The number of hydrogen-bond donors (Lipinski definition) is 0. The Labute approximate surface area is 164 Å². The van der Waals surface area contributed by atoms with Gasteiger partial charge in [0.05, 0.1) is 20.1 Å². The van der Waals surface area contributed by atoms with Crippen LogP contribution in [0.2, 0.25) is 0 Å². The van der Waals surface area contributed by atoms with Crippen molar-refractivity contribution in [2.24, 2.45) is 0 Å². The molecule has 1 nitrogen and oxygen atoms in total. The Morgan fingerprint density at radius 2 is 1.08 bits per heavy atom. The third-order valence-electron chi connectivity index (χ3n) is 5.58. The van der Waals surface area contributed by atoms with Gasteiger partial charge in [-0.25, -0.2) is 0 Å². The predicted molar refractivity (Wildman–Crippen MR) is 111 cm³/mol. The van der Waals surface area contributed by atoms with Crippen molar-refractivity contribution < 1.29 is 12.4 Å². The van der Waals surface area contributed by atoms with E-state index in [1.807, 2.05) is 0 Å². The highest BCUT2D eigenvalue weighted by Crippen LogP contribution is 2.21. The Bertz CT molecular complexity index is 392. The van der Waals surface area contributed by atoms with E-state index in [4.69, 9.17) is 0 Å². The lowest BCUT2D eigenvalue weighted by Crippen LogP contribution is -3.00. The first-order valence-corrected chi connectivity index (χ1v) is 10.6. The van der Waals surface area contributed by atoms with Gasteiger partial charge in [0.1, 0.15) is 5.69 Å². The Balaban J connectivity index is 0.00000576. The molecule has 1 aromatic carbocycles. The molecule has 0 spiro atoms. The van der Waals surface area contributed by atoms with Crippen molar-refractivity contribution in [1.82, 2.24) is 4.48 Å². The summed E-state index contributed by atoms with van der Waals surface area (Å²) >= 11 is 0. The van der Waals surface area contributed by atoms with Gasteiger partial charge in [0, 0.05) is 0 Å². The van der Waals surface area contributed by atoms with Crippen LogP contribution >= 0.6 is 0 Å². The van der Waals surface area contributed by atoms with E-state index < -0.39 is 0 Å². The van der Waals surface area contributed by atoms with Crippen LogP contribution in [0.4, 0.5) is 5.69 Å². The van der Waals surface area contributed by atoms with Crippen LogP contribution in [0.25, 0.3) is 0 Å². The van der Waals surface area contributed by atoms with Gasteiger partial charge in [0.15, 0.2) is 0 Å². The molecule has 0 radical (unpaired) electrons. The van der Waals surface area contributed by atoms with Crippen molar-refractivity contribution >= 4 is 5.69 Å². The molecule has 0 fully saturated rings. The zero-order chi connectivity index (χ0) is 17.5. The summed E-state index contributed by atoms with van der Waals surface area (Å²) in [7, 11) is 2.38. The second-order valence-electron chi connectivity index (χ2n) is 7.66. The van der Waals surface area contributed by atoms with E-state index in [1.165, 1.54) is 95.8 Å². The smallest absolute Gasteiger partial charge is 0.132 e. The molecule has 0 amide bonds. The first-order chi connectivity index (χ1) is 11.7. The van der Waals surface area contributed by atoms with Gasteiger partial charge in [-0.1, -0.05) is 89.3 Å². The highest BCUT2D eigenvalue weighted by molar-refractivity contribution is 5.41. The summed E-state index contributed by atoms with van der Waals surface area (Å²) in [6, 6.07) is 11.0. The number of hydrogen-bond acceptors (Lipinski definition) is 0. The zero-order valence-corrected chi connectivity index (χ0v) is 17.9. The molecular formula is C23H42ClN. The fourth-order valence-corrected chi connectivity index (χ4v) is 3.56. The van der Waals surface area contributed by atoms with E-state index in [1.54, 1.807) is 0 Å². The largest absolute Gasteiger partial charge is 1.00 e. The molecule has 0 aliphatic carbocycles. The number of halogens is 1. The van der Waals surface area contributed by atoms with E-state index in [-0.39, 0.29) is 12.4 Å². The van der Waals surface area contributed by atoms with Gasteiger partial charge in [0.2, 0.25) is 0 Å². The second-order valence-corrected chi connectivity index (χ2v) is 7.66. The quantitative estimate of drug-likeness (QED) is 0.319. The normalized spacial score (nSPS) is 13.2. The molecule has 1 rings (SSSR count). The molecular weight excluding hydrogens is 326 g/mol. The van der Waals surface area contributed by atoms with E-state index in [9.17, 15) is 0 Å². The van der Waals surface area contributed by atoms with Crippen LogP contribution in [0.15, 0.2) is 30.3 Å². The molecule has 1 atom stereocenters. The van der Waals surface area contributed by atoms with Gasteiger partial charge in [-0.3, -0.25) is 4.48 Å². The Hall–Kier alpha value is -0.530. The van der Waals surface area contributed by atoms with Gasteiger partial charge in [-0.05, 0) is 31.9 Å². The third-order valence-corrected chi connectivity index (χ3v) is 5.58. The van der Waals surface area contributed by atoms with Crippen LogP contribution in [-0.4, -0.2) is 20.1 Å². The first kappa shape index (κ1) is 24.5. The number of para-hydroxylation sites is 1. The number of quaternary nitrogens is 1. The number of unbranched alkanes of at least 4 members (excludes halogenated alkanes) is 11. The number of benzene rings is 1. The van der Waals surface area contributed by atoms with Crippen molar-refractivity contribution in [3.8, 4) is 0 Å². The van der Waals surface area contributed by atoms with E-state index in [0.717, 1.165) is 4.48 Å². The van der Waals surface area contributed by atoms with Crippen molar-refractivity contribution in [2.45, 2.75) is 90.9 Å². The molecule has 0 aliphatic rings. The summed E-state index contributed by atoms with van der Waals surface area (Å²) in [6.07, 6.45) is 17.2. The lowest BCUT2D eigenvalue weighted by molar-refractivity contribution is -0.00000531. The summed E-state index contributed by atoms with van der Waals surface area (Å²) in [4.78, 5) is 0. The summed E-state index contributed by atoms with van der Waals surface area (Å²) in [5.74, 6) is 0. The Kier molecular flexibility index (Phi) is 15.4. The molecule has 0 saturated heterocycles. The maximum atomic E-state index is 2.38. The molecule has 0 aromatic heterocycles. The Morgan fingerprint density at radius 3 is 1.52 bits per heavy atom. The van der Waals surface area contributed by atoms with Crippen molar-refractivity contribution in [1.29, 1.82) is 0 Å². The zero-order valence-electron chi connectivity index (χ0n) is 17.1. The SMILES string of the molecule is CCCCCCCCCCCCCC[N+](C)(CC)c1ccccc1.[Cl-].